The van der Waals surface area contributed by atoms with Gasteiger partial charge in [0.15, 0.2) is 28.9 Å². The number of ether oxygens (including phenoxy) is 2. The van der Waals surface area contributed by atoms with Crippen molar-refractivity contribution in [2.24, 2.45) is 0 Å². The molecule has 1 fully saturated rings. The minimum atomic E-state index is -4.50. The highest BCUT2D eigenvalue weighted by atomic mass is 31.2. The van der Waals surface area contributed by atoms with Gasteiger partial charge in [-0.1, -0.05) is 103 Å². The average Bonchev–Trinajstić information content (AvgIpc) is 3.55. The quantitative estimate of drug-likeness (QED) is 0.0598. The van der Waals surface area contributed by atoms with Crippen LogP contribution in [0, 0.1) is 0 Å². The number of fused-ring (bicyclic) bond motifs is 1. The first-order chi connectivity index (χ1) is 22.6. The fraction of sp³-hybridized carbons (Fsp3) is 0.844. The lowest BCUT2D eigenvalue weighted by atomic mass is 9.98. The highest BCUT2D eigenvalue weighted by Gasteiger charge is 2.56. The Kier molecular flexibility index (Phi) is 17.3. The van der Waals surface area contributed by atoms with E-state index in [2.05, 4.69) is 27.2 Å². The summed E-state index contributed by atoms with van der Waals surface area (Å²) in [7, 11) is -2.87. The molecule has 0 aliphatic carbocycles. The summed E-state index contributed by atoms with van der Waals surface area (Å²) in [5.74, 6) is 0.285. The molecule has 13 nitrogen and oxygen atoms in total. The number of halogens is 1. The van der Waals surface area contributed by atoms with E-state index < -0.39 is 38.5 Å². The van der Waals surface area contributed by atoms with E-state index in [9.17, 15) is 14.6 Å². The van der Waals surface area contributed by atoms with E-state index in [1.807, 2.05) is 0 Å². The van der Waals surface area contributed by atoms with Gasteiger partial charge in [0.1, 0.15) is 12.2 Å². The molecule has 15 heteroatoms. The van der Waals surface area contributed by atoms with E-state index in [1.54, 1.807) is 7.05 Å². The number of alkyl halides is 1. The predicted octanol–water partition coefficient (Wildman–Crippen LogP) is 6.85. The number of anilines is 2. The van der Waals surface area contributed by atoms with Crippen molar-refractivity contribution in [2.45, 2.75) is 141 Å². The van der Waals surface area contributed by atoms with Gasteiger partial charge >= 0.3 is 7.82 Å². The van der Waals surface area contributed by atoms with Crippen LogP contribution in [0.4, 0.5) is 16.2 Å². The largest absolute Gasteiger partial charge is 0.472 e. The van der Waals surface area contributed by atoms with Gasteiger partial charge in [0, 0.05) is 13.7 Å². The van der Waals surface area contributed by atoms with Crippen molar-refractivity contribution in [1.29, 1.82) is 0 Å². The molecule has 0 amide bonds. The molecule has 0 spiro atoms. The molecular weight excluding hydrogens is 630 g/mol. The standard InChI is InChI=1S/C32H58FN6O7P/c1-4-5-6-7-8-9-10-11-12-13-14-15-16-17-18-19-20-43-21-22-44-47(41,42)45-23-25-27(40)32(2,33)30(46-25)39-24-36-26-28(35-3)37-31(34)38-29(26)39/h24-25,27,30,40H,4-23H2,1-3H3,(H,41,42)(H3,34,35,37,38)/t25-,27-,30-,32-/m1/s1. The summed E-state index contributed by atoms with van der Waals surface area (Å²) in [6.07, 6.45) is 17.8. The summed E-state index contributed by atoms with van der Waals surface area (Å²) in [5, 5.41) is 13.5. The molecule has 2 aromatic rings. The fourth-order valence-electron chi connectivity index (χ4n) is 5.90. The van der Waals surface area contributed by atoms with E-state index in [0.717, 1.165) is 19.8 Å². The van der Waals surface area contributed by atoms with Crippen molar-refractivity contribution in [1.82, 2.24) is 19.5 Å². The number of rotatable bonds is 26. The number of unbranched alkanes of at least 4 members (excludes halogenated alkanes) is 15. The van der Waals surface area contributed by atoms with Crippen molar-refractivity contribution < 1.29 is 37.5 Å². The maximum absolute atomic E-state index is 15.7. The second-order valence-corrected chi connectivity index (χ2v) is 14.1. The van der Waals surface area contributed by atoms with E-state index in [-0.39, 0.29) is 24.8 Å². The number of hydrogen-bond donors (Lipinski definition) is 4. The molecule has 47 heavy (non-hydrogen) atoms. The van der Waals surface area contributed by atoms with E-state index in [4.69, 9.17) is 24.3 Å². The van der Waals surface area contributed by atoms with Gasteiger partial charge < -0.3 is 30.5 Å². The third-order valence-electron chi connectivity index (χ3n) is 8.67. The van der Waals surface area contributed by atoms with Gasteiger partial charge in [-0.3, -0.25) is 13.6 Å². The molecule has 270 valence electrons. The summed E-state index contributed by atoms with van der Waals surface area (Å²) in [5.41, 5.74) is 4.00. The van der Waals surface area contributed by atoms with Crippen LogP contribution in [0.3, 0.4) is 0 Å². The SMILES string of the molecule is CCCCCCCCCCCCCCCCCCOCCOP(=O)(O)OC[C@H]1O[C@@H](n2cnc3c(NC)nc(N)nc32)[C@](C)(F)[C@@H]1O. The maximum atomic E-state index is 15.7. The zero-order valence-electron chi connectivity index (χ0n) is 28.6. The summed E-state index contributed by atoms with van der Waals surface area (Å²) >= 11 is 0. The number of nitrogens with one attached hydrogen (secondary N) is 1. The molecule has 1 aliphatic heterocycles. The Balaban J connectivity index is 1.22. The summed E-state index contributed by atoms with van der Waals surface area (Å²) in [4.78, 5) is 22.5. The van der Waals surface area contributed by atoms with Crippen molar-refractivity contribution in [3.8, 4) is 0 Å². The van der Waals surface area contributed by atoms with Crippen LogP contribution in [0.25, 0.3) is 11.2 Å². The average molecular weight is 689 g/mol. The maximum Gasteiger partial charge on any atom is 0.472 e. The van der Waals surface area contributed by atoms with Crippen LogP contribution >= 0.6 is 7.82 Å². The minimum absolute atomic E-state index is 0.0602. The Hall–Kier alpha value is -1.93. The van der Waals surface area contributed by atoms with Crippen LogP contribution in [0.15, 0.2) is 6.33 Å². The lowest BCUT2D eigenvalue weighted by Gasteiger charge is -2.24. The van der Waals surface area contributed by atoms with Crippen LogP contribution in [0.1, 0.15) is 123 Å². The normalized spacial score (nSPS) is 22.6. The first-order valence-corrected chi connectivity index (χ1v) is 19.0. The second-order valence-electron chi connectivity index (χ2n) is 12.6. The molecule has 5 N–H and O–H groups in total. The molecular formula is C32H58FN6O7P. The molecule has 1 aliphatic rings. The zero-order chi connectivity index (χ0) is 34.1. The Morgan fingerprint density at radius 3 is 2.11 bits per heavy atom. The van der Waals surface area contributed by atoms with Gasteiger partial charge in [0.2, 0.25) is 5.95 Å². The highest BCUT2D eigenvalue weighted by Crippen LogP contribution is 2.47. The van der Waals surface area contributed by atoms with E-state index in [0.29, 0.717) is 17.9 Å². The van der Waals surface area contributed by atoms with Gasteiger partial charge in [-0.15, -0.1) is 0 Å². The number of aliphatic hydroxyl groups excluding tert-OH is 1. The van der Waals surface area contributed by atoms with Crippen molar-refractivity contribution >= 4 is 30.8 Å². The van der Waals surface area contributed by atoms with Crippen LogP contribution in [0.5, 0.6) is 0 Å². The smallest absolute Gasteiger partial charge is 0.387 e. The number of nitrogen functional groups attached to an aromatic ring is 1. The van der Waals surface area contributed by atoms with Gasteiger partial charge in [-0.2, -0.15) is 9.97 Å². The number of aliphatic hydroxyl groups is 1. The first-order valence-electron chi connectivity index (χ1n) is 17.5. The van der Waals surface area contributed by atoms with Crippen LogP contribution in [-0.2, 0) is 23.1 Å². The molecule has 3 heterocycles. The molecule has 0 aromatic carbocycles. The summed E-state index contributed by atoms with van der Waals surface area (Å²) in [6, 6.07) is 0. The van der Waals surface area contributed by atoms with Crippen molar-refractivity contribution in [3.63, 3.8) is 0 Å². The Labute approximate surface area is 279 Å². The second kappa shape index (κ2) is 20.6. The predicted molar refractivity (Wildman–Crippen MR) is 181 cm³/mol. The van der Waals surface area contributed by atoms with Crippen molar-refractivity contribution in [2.75, 3.05) is 44.5 Å². The number of phosphoric ester groups is 1. The highest BCUT2D eigenvalue weighted by molar-refractivity contribution is 7.47. The van der Waals surface area contributed by atoms with Crippen molar-refractivity contribution in [3.05, 3.63) is 6.33 Å². The summed E-state index contributed by atoms with van der Waals surface area (Å²) < 4.78 is 50.7. The van der Waals surface area contributed by atoms with Crippen LogP contribution < -0.4 is 11.1 Å². The Bertz CT molecular complexity index is 1220. The fourth-order valence-corrected chi connectivity index (χ4v) is 6.62. The van der Waals surface area contributed by atoms with Crippen LogP contribution in [0.2, 0.25) is 0 Å². The molecule has 1 saturated heterocycles. The minimum Gasteiger partial charge on any atom is -0.387 e. The van der Waals surface area contributed by atoms with Crippen LogP contribution in [-0.4, -0.2) is 80.9 Å². The number of phosphoric acid groups is 1. The zero-order valence-corrected chi connectivity index (χ0v) is 29.5. The molecule has 0 bridgehead atoms. The Morgan fingerprint density at radius 1 is 0.957 bits per heavy atom. The number of hydrogen-bond acceptors (Lipinski definition) is 11. The molecule has 3 rings (SSSR count). The molecule has 5 atom stereocenters. The third-order valence-corrected chi connectivity index (χ3v) is 9.66. The van der Waals surface area contributed by atoms with Gasteiger partial charge in [-0.25, -0.2) is 13.9 Å². The van der Waals surface area contributed by atoms with Gasteiger partial charge in [0.05, 0.1) is 26.1 Å². The number of imidazole rings is 1. The molecule has 1 unspecified atom stereocenters. The topological polar surface area (TPSA) is 176 Å². The van der Waals surface area contributed by atoms with E-state index in [1.165, 1.54) is 101 Å². The van der Waals surface area contributed by atoms with Gasteiger partial charge in [0.25, 0.3) is 0 Å². The summed E-state index contributed by atoms with van der Waals surface area (Å²) in [6.45, 7) is 3.36. The number of nitrogens with zero attached hydrogens (tertiary/aromatic N) is 4. The third kappa shape index (κ3) is 12.8. The lowest BCUT2D eigenvalue weighted by Crippen LogP contribution is -2.40. The van der Waals surface area contributed by atoms with Gasteiger partial charge in [-0.05, 0) is 13.3 Å². The monoisotopic (exact) mass is 688 g/mol. The number of aromatic nitrogens is 4. The molecule has 2 aromatic heterocycles. The molecule has 0 radical (unpaired) electrons. The van der Waals surface area contributed by atoms with E-state index >= 15 is 4.39 Å². The Morgan fingerprint density at radius 2 is 1.53 bits per heavy atom. The lowest BCUT2D eigenvalue weighted by molar-refractivity contribution is -0.0571. The molecule has 0 saturated carbocycles. The number of nitrogens with two attached hydrogens (primary N) is 1. The first kappa shape index (κ1) is 39.5.